The van der Waals surface area contributed by atoms with E-state index in [0.717, 1.165) is 15.5 Å². The van der Waals surface area contributed by atoms with Crippen molar-refractivity contribution < 1.29 is 14.1 Å². The number of aromatic nitrogens is 1. The lowest BCUT2D eigenvalue weighted by Crippen LogP contribution is -2.43. The minimum atomic E-state index is -0.510. The average Bonchev–Trinajstić information content (AvgIpc) is 3.13. The molecule has 1 aromatic heterocycles. The van der Waals surface area contributed by atoms with E-state index in [1.807, 2.05) is 54.6 Å². The topological polar surface area (TPSA) is 87.5 Å². The molecule has 0 bridgehead atoms. The summed E-state index contributed by atoms with van der Waals surface area (Å²) in [6.45, 7) is 3.55. The number of anilines is 2. The fraction of sp³-hybridized carbons (Fsp3) is 0.227. The maximum Gasteiger partial charge on any atom is 0.241 e. The van der Waals surface area contributed by atoms with Crippen molar-refractivity contribution in [2.75, 3.05) is 24.2 Å². The summed E-state index contributed by atoms with van der Waals surface area (Å²) in [5, 5.41) is 9.37. The Morgan fingerprint density at radius 1 is 1.10 bits per heavy atom. The van der Waals surface area contributed by atoms with E-state index in [2.05, 4.69) is 15.8 Å². The van der Waals surface area contributed by atoms with Gasteiger partial charge < -0.3 is 15.2 Å². The molecule has 156 valence electrons. The predicted molar refractivity (Wildman–Crippen MR) is 118 cm³/mol. The van der Waals surface area contributed by atoms with E-state index in [-0.39, 0.29) is 18.4 Å². The molecule has 2 N–H and O–H groups in total. The number of aryl methyl sites for hydroxylation is 1. The largest absolute Gasteiger partial charge is 0.360 e. The highest BCUT2D eigenvalue weighted by molar-refractivity contribution is 7.99. The lowest BCUT2D eigenvalue weighted by Gasteiger charge is -2.23. The number of hydrogen-bond donors (Lipinski definition) is 2. The molecule has 30 heavy (non-hydrogen) atoms. The highest BCUT2D eigenvalue weighted by Gasteiger charge is 2.21. The minimum Gasteiger partial charge on any atom is -0.360 e. The number of nitrogens with zero attached hydrogens (tertiary/aromatic N) is 2. The molecule has 0 aliphatic carbocycles. The van der Waals surface area contributed by atoms with Crippen LogP contribution in [0.15, 0.2) is 75.0 Å². The number of benzene rings is 2. The van der Waals surface area contributed by atoms with Crippen LogP contribution >= 0.6 is 11.8 Å². The zero-order valence-electron chi connectivity index (χ0n) is 17.1. The Bertz CT molecular complexity index is 1010. The van der Waals surface area contributed by atoms with Gasteiger partial charge in [0, 0.05) is 15.9 Å². The quantitative estimate of drug-likeness (QED) is 0.568. The van der Waals surface area contributed by atoms with Crippen LogP contribution in [-0.2, 0) is 9.59 Å². The normalized spacial score (nSPS) is 11.9. The van der Waals surface area contributed by atoms with Crippen LogP contribution in [0.25, 0.3) is 0 Å². The summed E-state index contributed by atoms with van der Waals surface area (Å²) in [7, 11) is 1.72. The summed E-state index contributed by atoms with van der Waals surface area (Å²) >= 11 is 1.58. The third-order valence-electron chi connectivity index (χ3n) is 4.45. The first-order chi connectivity index (χ1) is 14.4. The number of nitrogens with one attached hydrogen (secondary N) is 2. The zero-order chi connectivity index (χ0) is 21.5. The fourth-order valence-electron chi connectivity index (χ4n) is 2.68. The summed E-state index contributed by atoms with van der Waals surface area (Å²) in [5.41, 5.74) is 0.735. The molecule has 0 aliphatic heterocycles. The number of hydrogen-bond acceptors (Lipinski definition) is 6. The minimum absolute atomic E-state index is 0.0426. The predicted octanol–water partition coefficient (Wildman–Crippen LogP) is 4.03. The maximum absolute atomic E-state index is 12.8. The van der Waals surface area contributed by atoms with Crippen molar-refractivity contribution in [2.24, 2.45) is 0 Å². The first-order valence-electron chi connectivity index (χ1n) is 9.48. The van der Waals surface area contributed by atoms with E-state index in [4.69, 9.17) is 4.52 Å². The van der Waals surface area contributed by atoms with Crippen molar-refractivity contribution >= 4 is 35.1 Å². The molecule has 1 atom stereocenters. The van der Waals surface area contributed by atoms with Gasteiger partial charge in [0.25, 0.3) is 0 Å². The van der Waals surface area contributed by atoms with Crippen LogP contribution in [0, 0.1) is 6.92 Å². The maximum atomic E-state index is 12.8. The molecule has 2 aromatic carbocycles. The van der Waals surface area contributed by atoms with Gasteiger partial charge in [0.1, 0.15) is 5.76 Å². The van der Waals surface area contributed by atoms with Gasteiger partial charge in [0.2, 0.25) is 11.8 Å². The van der Waals surface area contributed by atoms with Crippen molar-refractivity contribution in [2.45, 2.75) is 29.7 Å². The molecule has 0 fully saturated rings. The van der Waals surface area contributed by atoms with Gasteiger partial charge in [0.05, 0.1) is 18.3 Å². The second kappa shape index (κ2) is 10.1. The second-order valence-electron chi connectivity index (χ2n) is 6.86. The van der Waals surface area contributed by atoms with Crippen molar-refractivity contribution in [1.29, 1.82) is 0 Å². The molecule has 8 heteroatoms. The number of carbonyl (C=O) groups is 2. The van der Waals surface area contributed by atoms with Gasteiger partial charge in [-0.25, -0.2) is 0 Å². The Labute approximate surface area is 179 Å². The third-order valence-corrected chi connectivity index (χ3v) is 5.53. The number of carbonyl (C=O) groups excluding carboxylic acids is 2. The average molecular weight is 425 g/mol. The highest BCUT2D eigenvalue weighted by atomic mass is 32.2. The molecule has 0 radical (unpaired) electrons. The molecule has 7 nitrogen and oxygen atoms in total. The summed E-state index contributed by atoms with van der Waals surface area (Å²) in [6, 6.07) is 18.7. The first kappa shape index (κ1) is 21.6. The first-order valence-corrected chi connectivity index (χ1v) is 10.3. The summed E-state index contributed by atoms with van der Waals surface area (Å²) in [6.07, 6.45) is 0. The van der Waals surface area contributed by atoms with Crippen LogP contribution in [0.1, 0.15) is 12.7 Å². The number of likely N-dealkylation sites (N-methyl/N-ethyl adjacent to an activating group) is 1. The Morgan fingerprint density at radius 3 is 2.50 bits per heavy atom. The lowest BCUT2D eigenvalue weighted by molar-refractivity contribution is -0.122. The Morgan fingerprint density at radius 2 is 1.80 bits per heavy atom. The molecule has 0 aliphatic rings. The van der Waals surface area contributed by atoms with Crippen molar-refractivity contribution in [1.82, 2.24) is 10.1 Å². The van der Waals surface area contributed by atoms with E-state index in [9.17, 15) is 9.59 Å². The van der Waals surface area contributed by atoms with Gasteiger partial charge in [-0.2, -0.15) is 0 Å². The molecule has 1 heterocycles. The van der Waals surface area contributed by atoms with Crippen LogP contribution in [-0.4, -0.2) is 41.5 Å². The van der Waals surface area contributed by atoms with Gasteiger partial charge in [-0.15, -0.1) is 0 Å². The van der Waals surface area contributed by atoms with Crippen LogP contribution in [0.2, 0.25) is 0 Å². The molecular formula is C22H24N4O3S. The molecular weight excluding hydrogens is 400 g/mol. The van der Waals surface area contributed by atoms with Crippen molar-refractivity contribution in [3.8, 4) is 0 Å². The third kappa shape index (κ3) is 5.95. The smallest absolute Gasteiger partial charge is 0.241 e. The highest BCUT2D eigenvalue weighted by Crippen LogP contribution is 2.33. The van der Waals surface area contributed by atoms with Gasteiger partial charge in [-0.1, -0.05) is 47.3 Å². The van der Waals surface area contributed by atoms with Crippen molar-refractivity contribution in [3.05, 3.63) is 66.4 Å². The lowest BCUT2D eigenvalue weighted by atomic mass is 10.2. The van der Waals surface area contributed by atoms with Gasteiger partial charge in [-0.05, 0) is 45.2 Å². The second-order valence-corrected chi connectivity index (χ2v) is 7.98. The Kier molecular flexibility index (Phi) is 7.26. The van der Waals surface area contributed by atoms with Gasteiger partial charge in [0.15, 0.2) is 5.82 Å². The molecule has 0 spiro atoms. The van der Waals surface area contributed by atoms with Crippen LogP contribution < -0.4 is 10.6 Å². The standard InChI is InChI=1S/C22H24N4O3S/c1-15-13-20(25-29-15)24-21(27)14-26(3)16(2)22(28)23-18-11-7-8-12-19(18)30-17-9-5-4-6-10-17/h4-13,16H,14H2,1-3H3,(H,23,28)(H,24,25,27). The zero-order valence-corrected chi connectivity index (χ0v) is 17.9. The van der Waals surface area contributed by atoms with E-state index in [1.165, 1.54) is 0 Å². The van der Waals surface area contributed by atoms with Gasteiger partial charge >= 0.3 is 0 Å². The van der Waals surface area contributed by atoms with E-state index >= 15 is 0 Å². The molecule has 3 rings (SSSR count). The number of amides is 2. The molecule has 2 amide bonds. The van der Waals surface area contributed by atoms with Crippen LogP contribution in [0.4, 0.5) is 11.5 Å². The van der Waals surface area contributed by atoms with Crippen LogP contribution in [0.5, 0.6) is 0 Å². The van der Waals surface area contributed by atoms with Crippen LogP contribution in [0.3, 0.4) is 0 Å². The molecule has 0 saturated heterocycles. The Hall–Kier alpha value is -3.10. The van der Waals surface area contributed by atoms with Crippen molar-refractivity contribution in [3.63, 3.8) is 0 Å². The van der Waals surface area contributed by atoms with Gasteiger partial charge in [-0.3, -0.25) is 14.5 Å². The Balaban J connectivity index is 1.59. The summed E-state index contributed by atoms with van der Waals surface area (Å²) in [5.74, 6) is 0.502. The molecule has 0 saturated carbocycles. The molecule has 3 aromatic rings. The van der Waals surface area contributed by atoms with E-state index < -0.39 is 6.04 Å². The van der Waals surface area contributed by atoms with E-state index in [1.54, 1.807) is 43.6 Å². The monoisotopic (exact) mass is 424 g/mol. The number of rotatable bonds is 8. The van der Waals surface area contributed by atoms with E-state index in [0.29, 0.717) is 11.6 Å². The SMILES string of the molecule is Cc1cc(NC(=O)CN(C)C(C)C(=O)Nc2ccccc2Sc2ccccc2)no1. The fourth-order valence-corrected chi connectivity index (χ4v) is 3.61. The molecule has 1 unspecified atom stereocenters. The number of para-hydroxylation sites is 1. The summed E-state index contributed by atoms with van der Waals surface area (Å²) in [4.78, 5) is 28.7. The summed E-state index contributed by atoms with van der Waals surface area (Å²) < 4.78 is 4.93.